The van der Waals surface area contributed by atoms with Gasteiger partial charge in [-0.3, -0.25) is 9.59 Å². The van der Waals surface area contributed by atoms with Gasteiger partial charge in [0.25, 0.3) is 11.8 Å². The molecule has 2 N–H and O–H groups in total. The number of hydrogen-bond acceptors (Lipinski definition) is 5. The summed E-state index contributed by atoms with van der Waals surface area (Å²) < 4.78 is 7.59. The summed E-state index contributed by atoms with van der Waals surface area (Å²) in [7, 11) is 0. The molecule has 0 bridgehead atoms. The number of benzene rings is 2. The van der Waals surface area contributed by atoms with Crippen molar-refractivity contribution in [1.29, 1.82) is 5.26 Å². The van der Waals surface area contributed by atoms with Crippen molar-refractivity contribution in [1.82, 2.24) is 4.57 Å². The Kier molecular flexibility index (Phi) is 8.37. The average Bonchev–Trinajstić information content (AvgIpc) is 3.48. The van der Waals surface area contributed by atoms with Crippen molar-refractivity contribution in [2.45, 2.75) is 46.5 Å². The van der Waals surface area contributed by atoms with E-state index in [0.29, 0.717) is 23.6 Å². The van der Waals surface area contributed by atoms with Gasteiger partial charge in [-0.05, 0) is 94.0 Å². The number of aromatic nitrogens is 1. The zero-order valence-electron chi connectivity index (χ0n) is 23.4. The molecule has 7 nitrogen and oxygen atoms in total. The second-order valence-electron chi connectivity index (χ2n) is 9.96. The van der Waals surface area contributed by atoms with Gasteiger partial charge in [-0.1, -0.05) is 24.3 Å². The molecule has 1 aliphatic rings. The van der Waals surface area contributed by atoms with Crippen LogP contribution in [0.3, 0.4) is 0 Å². The molecule has 0 saturated heterocycles. The molecule has 0 saturated carbocycles. The van der Waals surface area contributed by atoms with Crippen molar-refractivity contribution in [3.8, 4) is 16.8 Å². The first-order chi connectivity index (χ1) is 19.9. The first kappa shape index (κ1) is 27.9. The van der Waals surface area contributed by atoms with E-state index < -0.39 is 5.91 Å². The molecule has 8 heteroatoms. The van der Waals surface area contributed by atoms with Crippen LogP contribution in [-0.2, 0) is 17.6 Å². The minimum Gasteiger partial charge on any atom is -0.494 e. The zero-order valence-corrected chi connectivity index (χ0v) is 24.2. The summed E-state index contributed by atoms with van der Waals surface area (Å²) in [6.07, 6.45) is 5.61. The van der Waals surface area contributed by atoms with E-state index in [0.717, 1.165) is 58.9 Å². The summed E-state index contributed by atoms with van der Waals surface area (Å²) in [5.41, 5.74) is 5.64. The Morgan fingerprint density at radius 3 is 2.54 bits per heavy atom. The second kappa shape index (κ2) is 12.3. The number of amides is 2. The van der Waals surface area contributed by atoms with Gasteiger partial charge < -0.3 is 19.9 Å². The number of para-hydroxylation sites is 1. The Labute approximate surface area is 244 Å². The van der Waals surface area contributed by atoms with Crippen LogP contribution >= 0.6 is 11.3 Å². The number of ether oxygens (including phenoxy) is 1. The molecule has 0 spiro atoms. The summed E-state index contributed by atoms with van der Waals surface area (Å²) in [5.74, 6) is 0.0177. The fraction of sp³-hybridized carbons (Fsp3) is 0.242. The molecule has 0 atom stereocenters. The molecule has 2 aromatic heterocycles. The molecule has 1 aliphatic carbocycles. The van der Waals surface area contributed by atoms with E-state index in [1.54, 1.807) is 35.6 Å². The number of anilines is 2. The van der Waals surface area contributed by atoms with Crippen molar-refractivity contribution in [3.05, 3.63) is 99.2 Å². The number of fused-ring (bicyclic) bond motifs is 1. The van der Waals surface area contributed by atoms with Crippen LogP contribution in [-0.4, -0.2) is 23.0 Å². The van der Waals surface area contributed by atoms with Crippen molar-refractivity contribution < 1.29 is 14.3 Å². The van der Waals surface area contributed by atoms with Gasteiger partial charge in [0, 0.05) is 33.7 Å². The maximum atomic E-state index is 13.7. The summed E-state index contributed by atoms with van der Waals surface area (Å²) in [6, 6.07) is 20.6. The van der Waals surface area contributed by atoms with Crippen LogP contribution in [0.25, 0.3) is 11.1 Å². The maximum absolute atomic E-state index is 13.7. The second-order valence-corrected chi connectivity index (χ2v) is 11.0. The molecule has 2 amide bonds. The van der Waals surface area contributed by atoms with E-state index in [1.807, 2.05) is 69.3 Å². The Morgan fingerprint density at radius 1 is 1.02 bits per heavy atom. The van der Waals surface area contributed by atoms with E-state index in [2.05, 4.69) is 15.2 Å². The summed E-state index contributed by atoms with van der Waals surface area (Å²) in [5, 5.41) is 16.6. The number of aryl methyl sites for hydroxylation is 2. The van der Waals surface area contributed by atoms with Crippen molar-refractivity contribution in [2.24, 2.45) is 0 Å². The molecular weight excluding hydrogens is 532 g/mol. The van der Waals surface area contributed by atoms with Gasteiger partial charge in [0.05, 0.1) is 12.2 Å². The lowest BCUT2D eigenvalue weighted by atomic mass is 9.95. The molecule has 2 heterocycles. The zero-order chi connectivity index (χ0) is 28.9. The van der Waals surface area contributed by atoms with Gasteiger partial charge in [0.15, 0.2) is 0 Å². The van der Waals surface area contributed by atoms with Gasteiger partial charge in [-0.15, -0.1) is 11.3 Å². The number of thiophene rings is 1. The van der Waals surface area contributed by atoms with Gasteiger partial charge in [-0.25, -0.2) is 0 Å². The number of nitriles is 1. The summed E-state index contributed by atoms with van der Waals surface area (Å²) >= 11 is 1.66. The fourth-order valence-electron chi connectivity index (χ4n) is 5.24. The molecule has 5 rings (SSSR count). The molecule has 41 heavy (non-hydrogen) atoms. The molecule has 0 fully saturated rings. The normalized spacial score (nSPS) is 12.8. The van der Waals surface area contributed by atoms with Crippen LogP contribution in [0.1, 0.15) is 57.5 Å². The molecule has 208 valence electrons. The Balaban J connectivity index is 1.49. The standard InChI is InChI=1S/C33H32N4O3S/c1-4-40-27-14-10-13-26(19-27)36-31(38)24(20-34)18-23-17-21(2)37(22(23)3)33-30(28-15-8-9-16-29(28)41-33)32(39)35-25-11-6-5-7-12-25/h5-7,10-14,17-19H,4,8-9,15-16H2,1-3H3,(H,35,39)(H,36,38)/b24-18-. The highest BCUT2D eigenvalue weighted by Crippen LogP contribution is 2.39. The van der Waals surface area contributed by atoms with Gasteiger partial charge >= 0.3 is 0 Å². The predicted molar refractivity (Wildman–Crippen MR) is 164 cm³/mol. The number of rotatable bonds is 8. The van der Waals surface area contributed by atoms with E-state index >= 15 is 0 Å². The van der Waals surface area contributed by atoms with Crippen LogP contribution in [0.5, 0.6) is 5.75 Å². The van der Waals surface area contributed by atoms with Crippen LogP contribution in [0.15, 0.2) is 66.2 Å². The number of hydrogen-bond donors (Lipinski definition) is 2. The van der Waals surface area contributed by atoms with Crippen LogP contribution in [0.2, 0.25) is 0 Å². The minimum atomic E-state index is -0.500. The SMILES string of the molecule is CCOc1cccc(NC(=O)/C(C#N)=C\c2cc(C)n(-c3sc4c(c3C(=O)Nc3ccccc3)CCCC4)c2C)c1. The minimum absolute atomic E-state index is 0.0143. The molecule has 0 aliphatic heterocycles. The van der Waals surface area contributed by atoms with Gasteiger partial charge in [-0.2, -0.15) is 5.26 Å². The van der Waals surface area contributed by atoms with Crippen LogP contribution in [0.4, 0.5) is 11.4 Å². The van der Waals surface area contributed by atoms with Crippen LogP contribution in [0, 0.1) is 25.2 Å². The van der Waals surface area contributed by atoms with E-state index in [4.69, 9.17) is 4.74 Å². The predicted octanol–water partition coefficient (Wildman–Crippen LogP) is 7.23. The van der Waals surface area contributed by atoms with Crippen molar-refractivity contribution in [2.75, 3.05) is 17.2 Å². The fourth-order valence-corrected chi connectivity index (χ4v) is 6.73. The maximum Gasteiger partial charge on any atom is 0.266 e. The summed E-state index contributed by atoms with van der Waals surface area (Å²) in [4.78, 5) is 28.0. The lowest BCUT2D eigenvalue weighted by molar-refractivity contribution is -0.112. The smallest absolute Gasteiger partial charge is 0.266 e. The number of nitrogens with one attached hydrogen (secondary N) is 2. The quantitative estimate of drug-likeness (QED) is 0.174. The van der Waals surface area contributed by atoms with Gasteiger partial charge in [0.2, 0.25) is 0 Å². The summed E-state index contributed by atoms with van der Waals surface area (Å²) in [6.45, 7) is 6.34. The molecule has 2 aromatic carbocycles. The van der Waals surface area contributed by atoms with Gasteiger partial charge in [0.1, 0.15) is 22.4 Å². The third-order valence-corrected chi connectivity index (χ3v) is 8.43. The average molecular weight is 565 g/mol. The highest BCUT2D eigenvalue weighted by atomic mass is 32.1. The number of carbonyl (C=O) groups excluding carboxylic acids is 2. The Hall–Kier alpha value is -4.61. The third kappa shape index (κ3) is 5.96. The molecule has 4 aromatic rings. The largest absolute Gasteiger partial charge is 0.494 e. The highest BCUT2D eigenvalue weighted by molar-refractivity contribution is 7.15. The van der Waals surface area contributed by atoms with Crippen LogP contribution < -0.4 is 15.4 Å². The number of nitrogens with zero attached hydrogens (tertiary/aromatic N) is 2. The van der Waals surface area contributed by atoms with Crippen molar-refractivity contribution >= 4 is 40.6 Å². The molecule has 0 radical (unpaired) electrons. The molecule has 0 unspecified atom stereocenters. The first-order valence-corrected chi connectivity index (χ1v) is 14.6. The third-order valence-electron chi connectivity index (χ3n) is 7.15. The Morgan fingerprint density at radius 2 is 1.78 bits per heavy atom. The Bertz CT molecular complexity index is 1670. The highest BCUT2D eigenvalue weighted by Gasteiger charge is 2.28. The topological polar surface area (TPSA) is 96.2 Å². The first-order valence-electron chi connectivity index (χ1n) is 13.8. The number of carbonyl (C=O) groups is 2. The van der Waals surface area contributed by atoms with E-state index in [-0.39, 0.29) is 11.5 Å². The lowest BCUT2D eigenvalue weighted by Gasteiger charge is -2.14. The monoisotopic (exact) mass is 564 g/mol. The lowest BCUT2D eigenvalue weighted by Crippen LogP contribution is -2.17. The van der Waals surface area contributed by atoms with Crippen molar-refractivity contribution in [3.63, 3.8) is 0 Å². The van der Waals surface area contributed by atoms with E-state index in [1.165, 1.54) is 4.88 Å². The van der Waals surface area contributed by atoms with E-state index in [9.17, 15) is 14.9 Å². The molecular formula is C33H32N4O3S.